The predicted molar refractivity (Wildman–Crippen MR) is 129 cm³/mol. The minimum atomic E-state index is -0.451. The number of rotatable bonds is 12. The maximum atomic E-state index is 12.6. The number of phenolic OH excluding ortho intramolecular Hbond substituents is 1. The number of phenols is 1. The summed E-state index contributed by atoms with van der Waals surface area (Å²) in [5, 5.41) is 9.86. The summed E-state index contributed by atoms with van der Waals surface area (Å²) in [5.74, 6) is 1.70. The van der Waals surface area contributed by atoms with Crippen LogP contribution in [-0.4, -0.2) is 44.0 Å². The monoisotopic (exact) mass is 484 g/mol. The second-order valence-corrected chi connectivity index (χ2v) is 8.33. The van der Waals surface area contributed by atoms with Crippen molar-refractivity contribution in [3.05, 3.63) is 55.1 Å². The van der Waals surface area contributed by atoms with Crippen LogP contribution >= 0.6 is 0 Å². The fourth-order valence-electron chi connectivity index (χ4n) is 3.82. The first kappa shape index (κ1) is 25.9. The fraction of sp³-hybridized carbons (Fsp3) is 0.407. The van der Waals surface area contributed by atoms with Gasteiger partial charge in [0, 0.05) is 18.6 Å². The lowest BCUT2D eigenvalue weighted by molar-refractivity contribution is -0.140. The molecule has 2 aromatic rings. The van der Waals surface area contributed by atoms with E-state index in [0.29, 0.717) is 48.6 Å². The third-order valence-corrected chi connectivity index (χ3v) is 5.83. The Balaban J connectivity index is 1.34. The van der Waals surface area contributed by atoms with Gasteiger partial charge in [0.2, 0.25) is 0 Å². The van der Waals surface area contributed by atoms with E-state index >= 15 is 0 Å². The first-order valence-electron chi connectivity index (χ1n) is 11.7. The molecule has 8 heteroatoms. The van der Waals surface area contributed by atoms with Gasteiger partial charge in [-0.3, -0.25) is 4.79 Å². The zero-order valence-corrected chi connectivity index (χ0v) is 19.9. The van der Waals surface area contributed by atoms with Gasteiger partial charge in [-0.2, -0.15) is 0 Å². The highest BCUT2D eigenvalue weighted by atomic mass is 16.5. The van der Waals surface area contributed by atoms with Crippen molar-refractivity contribution in [2.75, 3.05) is 26.9 Å². The summed E-state index contributed by atoms with van der Waals surface area (Å²) in [6.07, 6.45) is 4.93. The standard InChI is InChI=1S/C27H32O8/c1-3-26(29)33-16-4-15-32-21-9-11-22(12-10-21)35-27(30)20-7-5-19(6-8-20)18-34-23-13-14-25(31-2)24(28)17-23/h3,9-14,17,19-20,28H,1,4-8,15-16,18H2,2H3. The van der Waals surface area contributed by atoms with Crippen LogP contribution in [0.1, 0.15) is 32.1 Å². The Bertz CT molecular complexity index is 977. The highest BCUT2D eigenvalue weighted by molar-refractivity contribution is 5.81. The first-order valence-corrected chi connectivity index (χ1v) is 11.7. The van der Waals surface area contributed by atoms with Crippen LogP contribution in [-0.2, 0) is 14.3 Å². The number of ether oxygens (including phenoxy) is 5. The molecule has 3 rings (SSSR count). The smallest absolute Gasteiger partial charge is 0.330 e. The summed E-state index contributed by atoms with van der Waals surface area (Å²) in [6.45, 7) is 4.53. The van der Waals surface area contributed by atoms with Crippen molar-refractivity contribution in [3.8, 4) is 28.7 Å². The van der Waals surface area contributed by atoms with Gasteiger partial charge in [-0.15, -0.1) is 0 Å². The first-order chi connectivity index (χ1) is 17.0. The van der Waals surface area contributed by atoms with Crippen LogP contribution in [0, 0.1) is 11.8 Å². The van der Waals surface area contributed by atoms with E-state index in [-0.39, 0.29) is 24.2 Å². The second kappa shape index (κ2) is 13.3. The zero-order valence-electron chi connectivity index (χ0n) is 19.9. The molecule has 0 unspecified atom stereocenters. The van der Waals surface area contributed by atoms with Gasteiger partial charge < -0.3 is 28.8 Å². The van der Waals surface area contributed by atoms with E-state index in [1.807, 2.05) is 0 Å². The van der Waals surface area contributed by atoms with Crippen LogP contribution in [0.5, 0.6) is 28.7 Å². The summed E-state index contributed by atoms with van der Waals surface area (Å²) in [7, 11) is 1.50. The lowest BCUT2D eigenvalue weighted by Crippen LogP contribution is -2.27. The summed E-state index contributed by atoms with van der Waals surface area (Å²) in [5.41, 5.74) is 0. The molecule has 188 valence electrons. The summed E-state index contributed by atoms with van der Waals surface area (Å²) >= 11 is 0. The number of esters is 2. The largest absolute Gasteiger partial charge is 0.504 e. The topological polar surface area (TPSA) is 101 Å². The van der Waals surface area contributed by atoms with Crippen molar-refractivity contribution < 1.29 is 38.4 Å². The fourth-order valence-corrected chi connectivity index (χ4v) is 3.82. The van der Waals surface area contributed by atoms with Crippen LogP contribution < -0.4 is 18.9 Å². The summed E-state index contributed by atoms with van der Waals surface area (Å²) < 4.78 is 26.9. The molecule has 1 aliphatic rings. The Morgan fingerprint density at radius 2 is 1.66 bits per heavy atom. The highest BCUT2D eigenvalue weighted by Crippen LogP contribution is 2.33. The molecule has 0 bridgehead atoms. The Kier molecular flexibility index (Phi) is 9.83. The Hall–Kier alpha value is -3.68. The maximum absolute atomic E-state index is 12.6. The van der Waals surface area contributed by atoms with E-state index in [1.165, 1.54) is 7.11 Å². The second-order valence-electron chi connectivity index (χ2n) is 8.33. The molecule has 35 heavy (non-hydrogen) atoms. The van der Waals surface area contributed by atoms with E-state index in [9.17, 15) is 14.7 Å². The van der Waals surface area contributed by atoms with Gasteiger partial charge in [0.1, 0.15) is 17.2 Å². The van der Waals surface area contributed by atoms with Gasteiger partial charge in [-0.1, -0.05) is 6.58 Å². The number of benzene rings is 2. The molecule has 0 aliphatic heterocycles. The molecule has 1 N–H and O–H groups in total. The third kappa shape index (κ3) is 8.24. The van der Waals surface area contributed by atoms with E-state index in [1.54, 1.807) is 42.5 Å². The van der Waals surface area contributed by atoms with Crippen molar-refractivity contribution in [1.29, 1.82) is 0 Å². The Morgan fingerprint density at radius 1 is 0.971 bits per heavy atom. The average Bonchev–Trinajstić information content (AvgIpc) is 2.88. The van der Waals surface area contributed by atoms with E-state index in [2.05, 4.69) is 6.58 Å². The van der Waals surface area contributed by atoms with E-state index in [4.69, 9.17) is 23.7 Å². The number of hydrogen-bond acceptors (Lipinski definition) is 8. The van der Waals surface area contributed by atoms with Gasteiger partial charge >= 0.3 is 11.9 Å². The van der Waals surface area contributed by atoms with Crippen LogP contribution in [0.25, 0.3) is 0 Å². The molecule has 1 fully saturated rings. The Labute approximate surface area is 205 Å². The molecular formula is C27H32O8. The molecule has 0 spiro atoms. The lowest BCUT2D eigenvalue weighted by Gasteiger charge is -2.27. The summed E-state index contributed by atoms with van der Waals surface area (Å²) in [6, 6.07) is 11.9. The lowest BCUT2D eigenvalue weighted by atomic mass is 9.82. The van der Waals surface area contributed by atoms with Crippen molar-refractivity contribution in [3.63, 3.8) is 0 Å². The molecule has 2 aromatic carbocycles. The van der Waals surface area contributed by atoms with Crippen LogP contribution in [0.15, 0.2) is 55.1 Å². The van der Waals surface area contributed by atoms with Crippen molar-refractivity contribution in [2.45, 2.75) is 32.1 Å². The van der Waals surface area contributed by atoms with Gasteiger partial charge in [0.25, 0.3) is 0 Å². The quantitative estimate of drug-likeness (QED) is 0.200. The molecule has 0 aromatic heterocycles. The van der Waals surface area contributed by atoms with Gasteiger partial charge in [-0.05, 0) is 68.0 Å². The van der Waals surface area contributed by atoms with Gasteiger partial charge in [0.05, 0.1) is 32.8 Å². The molecule has 0 saturated heterocycles. The van der Waals surface area contributed by atoms with Gasteiger partial charge in [0.15, 0.2) is 11.5 Å². The van der Waals surface area contributed by atoms with Crippen LogP contribution in [0.2, 0.25) is 0 Å². The van der Waals surface area contributed by atoms with Crippen molar-refractivity contribution in [1.82, 2.24) is 0 Å². The van der Waals surface area contributed by atoms with Crippen molar-refractivity contribution in [2.24, 2.45) is 11.8 Å². The Morgan fingerprint density at radius 3 is 2.31 bits per heavy atom. The third-order valence-electron chi connectivity index (χ3n) is 5.83. The minimum absolute atomic E-state index is 0.0441. The molecule has 0 amide bonds. The molecule has 0 heterocycles. The van der Waals surface area contributed by atoms with Gasteiger partial charge in [-0.25, -0.2) is 4.79 Å². The van der Waals surface area contributed by atoms with E-state index in [0.717, 1.165) is 31.8 Å². The predicted octanol–water partition coefficient (Wildman–Crippen LogP) is 4.69. The van der Waals surface area contributed by atoms with Crippen LogP contribution in [0.3, 0.4) is 0 Å². The number of methoxy groups -OCH3 is 1. The maximum Gasteiger partial charge on any atom is 0.330 e. The SMILES string of the molecule is C=CC(=O)OCCCOc1ccc(OC(=O)C2CCC(COc3ccc(OC)c(O)c3)CC2)cc1. The molecule has 0 atom stereocenters. The highest BCUT2D eigenvalue weighted by Gasteiger charge is 2.28. The molecule has 1 saturated carbocycles. The van der Waals surface area contributed by atoms with E-state index < -0.39 is 5.97 Å². The number of carbonyl (C=O) groups excluding carboxylic acids is 2. The van der Waals surface area contributed by atoms with Crippen molar-refractivity contribution >= 4 is 11.9 Å². The average molecular weight is 485 g/mol. The molecule has 8 nitrogen and oxygen atoms in total. The molecule has 1 aliphatic carbocycles. The number of hydrogen-bond donors (Lipinski definition) is 1. The van der Waals surface area contributed by atoms with Crippen LogP contribution in [0.4, 0.5) is 0 Å². The minimum Gasteiger partial charge on any atom is -0.504 e. The number of carbonyl (C=O) groups is 2. The molecule has 0 radical (unpaired) electrons. The molecular weight excluding hydrogens is 452 g/mol. The number of aromatic hydroxyl groups is 1. The normalized spacial score (nSPS) is 17.2. The zero-order chi connectivity index (χ0) is 25.0. The summed E-state index contributed by atoms with van der Waals surface area (Å²) in [4.78, 5) is 23.6.